The minimum Gasteiger partial charge on any atom is -0.494 e. The lowest BCUT2D eigenvalue weighted by Crippen LogP contribution is -2.21. The lowest BCUT2D eigenvalue weighted by molar-refractivity contribution is 0.0954. The third-order valence-corrected chi connectivity index (χ3v) is 7.82. The highest BCUT2D eigenvalue weighted by Crippen LogP contribution is 2.38. The molecule has 2 aromatic heterocycles. The molecule has 6 heteroatoms. The molecule has 4 rings (SSSR count). The van der Waals surface area contributed by atoms with Gasteiger partial charge in [0.05, 0.1) is 18.4 Å². The van der Waals surface area contributed by atoms with Crippen LogP contribution in [-0.2, 0) is 12.8 Å². The normalized spacial score (nSPS) is 13.5. The number of fused-ring (bicyclic) bond motifs is 1. The molecule has 3 aromatic rings. The quantitative estimate of drug-likeness (QED) is 0.307. The van der Waals surface area contributed by atoms with Gasteiger partial charge in [-0.3, -0.25) is 4.79 Å². The zero-order valence-electron chi connectivity index (χ0n) is 21.1. The molecule has 0 radical (unpaired) electrons. The number of hydrogen-bond acceptors (Lipinski definition) is 4. The van der Waals surface area contributed by atoms with Gasteiger partial charge in [-0.15, -0.1) is 11.3 Å². The van der Waals surface area contributed by atoms with Crippen LogP contribution in [0.4, 0.5) is 0 Å². The number of amides is 1. The standard InChI is InChI=1S/C28H35N3O2S/c1-7-33-24-14-18(4)21(15-23(24)17(2)3)16-29-30-27(32)26-22-10-8-9-11-25(22)34-28(26)31-19(5)12-13-20(31)6/h12-17H,7-11H2,1-6H3,(H,30,32)/b29-16-. The summed E-state index contributed by atoms with van der Waals surface area (Å²) in [6.07, 6.45) is 6.06. The van der Waals surface area contributed by atoms with Crippen LogP contribution in [0.15, 0.2) is 29.4 Å². The van der Waals surface area contributed by atoms with Crippen molar-refractivity contribution in [3.05, 3.63) is 68.3 Å². The van der Waals surface area contributed by atoms with Crippen molar-refractivity contribution in [3.63, 3.8) is 0 Å². The topological polar surface area (TPSA) is 55.6 Å². The summed E-state index contributed by atoms with van der Waals surface area (Å²) in [5, 5.41) is 5.39. The summed E-state index contributed by atoms with van der Waals surface area (Å²) < 4.78 is 8.03. The number of ether oxygens (including phenoxy) is 1. The van der Waals surface area contributed by atoms with Gasteiger partial charge in [-0.25, -0.2) is 5.43 Å². The van der Waals surface area contributed by atoms with E-state index in [4.69, 9.17) is 4.74 Å². The maximum absolute atomic E-state index is 13.5. The molecule has 5 nitrogen and oxygen atoms in total. The van der Waals surface area contributed by atoms with E-state index in [0.29, 0.717) is 12.5 Å². The molecule has 1 aromatic carbocycles. The number of carbonyl (C=O) groups excluding carboxylic acids is 1. The van der Waals surface area contributed by atoms with Gasteiger partial charge in [-0.05, 0) is 106 Å². The molecular weight excluding hydrogens is 442 g/mol. The summed E-state index contributed by atoms with van der Waals surface area (Å²) in [5.74, 6) is 1.12. The first-order chi connectivity index (χ1) is 16.3. The number of hydrazone groups is 1. The molecule has 0 unspecified atom stereocenters. The second-order valence-electron chi connectivity index (χ2n) is 9.38. The number of aromatic nitrogens is 1. The third-order valence-electron chi connectivity index (χ3n) is 6.54. The summed E-state index contributed by atoms with van der Waals surface area (Å²) in [6.45, 7) is 13.2. The molecule has 1 aliphatic carbocycles. The number of nitrogens with zero attached hydrogens (tertiary/aromatic N) is 2. The molecule has 1 N–H and O–H groups in total. The zero-order chi connectivity index (χ0) is 24.4. The van der Waals surface area contributed by atoms with Gasteiger partial charge >= 0.3 is 0 Å². The lowest BCUT2D eigenvalue weighted by atomic mass is 9.95. The molecule has 0 fully saturated rings. The fourth-order valence-corrected chi connectivity index (χ4v) is 6.24. The summed E-state index contributed by atoms with van der Waals surface area (Å²) in [4.78, 5) is 14.8. The Balaban J connectivity index is 1.64. The number of rotatable bonds is 7. The van der Waals surface area contributed by atoms with Crippen LogP contribution in [0, 0.1) is 20.8 Å². The van der Waals surface area contributed by atoms with E-state index < -0.39 is 0 Å². The monoisotopic (exact) mass is 477 g/mol. The van der Waals surface area contributed by atoms with Gasteiger partial charge in [-0.1, -0.05) is 13.8 Å². The fourth-order valence-electron chi connectivity index (χ4n) is 4.73. The van der Waals surface area contributed by atoms with E-state index in [9.17, 15) is 4.79 Å². The molecule has 1 amide bonds. The fraction of sp³-hybridized carbons (Fsp3) is 0.429. The van der Waals surface area contributed by atoms with Crippen molar-refractivity contribution in [2.75, 3.05) is 6.61 Å². The van der Waals surface area contributed by atoms with Crippen molar-refractivity contribution in [1.82, 2.24) is 9.99 Å². The number of thiophene rings is 1. The van der Waals surface area contributed by atoms with Crippen LogP contribution in [0.2, 0.25) is 0 Å². The van der Waals surface area contributed by atoms with Gasteiger partial charge in [0.2, 0.25) is 0 Å². The number of hydrogen-bond donors (Lipinski definition) is 1. The maximum Gasteiger partial charge on any atom is 0.274 e. The molecule has 0 saturated carbocycles. The molecule has 2 heterocycles. The van der Waals surface area contributed by atoms with Crippen molar-refractivity contribution in [2.45, 2.75) is 73.1 Å². The largest absolute Gasteiger partial charge is 0.494 e. The lowest BCUT2D eigenvalue weighted by Gasteiger charge is -2.16. The molecule has 0 atom stereocenters. The molecular formula is C28H35N3O2S. The van der Waals surface area contributed by atoms with E-state index in [-0.39, 0.29) is 5.91 Å². The first-order valence-electron chi connectivity index (χ1n) is 12.2. The van der Waals surface area contributed by atoms with Gasteiger partial charge < -0.3 is 9.30 Å². The Kier molecular flexibility index (Phi) is 7.27. The number of nitrogens with one attached hydrogen (secondary N) is 1. The predicted octanol–water partition coefficient (Wildman–Crippen LogP) is 6.63. The minimum absolute atomic E-state index is 0.133. The van der Waals surface area contributed by atoms with E-state index in [0.717, 1.165) is 63.7 Å². The summed E-state index contributed by atoms with van der Waals surface area (Å²) >= 11 is 1.76. The van der Waals surface area contributed by atoms with Crippen LogP contribution in [0.25, 0.3) is 5.00 Å². The molecule has 0 bridgehead atoms. The van der Waals surface area contributed by atoms with Gasteiger partial charge in [0.15, 0.2) is 0 Å². The Morgan fingerprint density at radius 1 is 1.18 bits per heavy atom. The van der Waals surface area contributed by atoms with Crippen molar-refractivity contribution >= 4 is 23.5 Å². The average Bonchev–Trinajstić information content (AvgIpc) is 3.33. The molecule has 0 saturated heterocycles. The van der Waals surface area contributed by atoms with Crippen LogP contribution in [0.1, 0.15) is 88.4 Å². The van der Waals surface area contributed by atoms with E-state index in [1.54, 1.807) is 17.6 Å². The summed E-state index contributed by atoms with van der Waals surface area (Å²) in [5.41, 5.74) is 10.3. The molecule has 0 aliphatic heterocycles. The van der Waals surface area contributed by atoms with Gasteiger partial charge in [-0.2, -0.15) is 5.10 Å². The Hall–Kier alpha value is -2.86. The minimum atomic E-state index is -0.133. The highest BCUT2D eigenvalue weighted by Gasteiger charge is 2.27. The molecule has 180 valence electrons. The Bertz CT molecular complexity index is 1210. The van der Waals surface area contributed by atoms with Crippen LogP contribution in [0.5, 0.6) is 5.75 Å². The Morgan fingerprint density at radius 3 is 2.56 bits per heavy atom. The SMILES string of the molecule is CCOc1cc(C)c(/C=N\NC(=O)c2c(-n3c(C)ccc3C)sc3c2CCCC3)cc1C(C)C. The smallest absolute Gasteiger partial charge is 0.274 e. The first kappa shape index (κ1) is 24.3. The van der Waals surface area contributed by atoms with E-state index in [1.165, 1.54) is 16.9 Å². The van der Waals surface area contributed by atoms with Crippen LogP contribution in [0.3, 0.4) is 0 Å². The number of carbonyl (C=O) groups is 1. The highest BCUT2D eigenvalue weighted by atomic mass is 32.1. The van der Waals surface area contributed by atoms with Crippen LogP contribution < -0.4 is 10.2 Å². The van der Waals surface area contributed by atoms with E-state index in [1.807, 2.05) is 13.8 Å². The van der Waals surface area contributed by atoms with Gasteiger partial charge in [0.25, 0.3) is 5.91 Å². The predicted molar refractivity (Wildman–Crippen MR) is 141 cm³/mol. The number of aryl methyl sites for hydroxylation is 4. The van der Waals surface area contributed by atoms with E-state index >= 15 is 0 Å². The van der Waals surface area contributed by atoms with Gasteiger partial charge in [0, 0.05) is 16.3 Å². The maximum atomic E-state index is 13.5. The molecule has 0 spiro atoms. The molecule has 1 aliphatic rings. The Labute approximate surface area is 206 Å². The second-order valence-corrected chi connectivity index (χ2v) is 10.5. The Morgan fingerprint density at radius 2 is 1.88 bits per heavy atom. The van der Waals surface area contributed by atoms with Crippen LogP contribution >= 0.6 is 11.3 Å². The first-order valence-corrected chi connectivity index (χ1v) is 13.0. The van der Waals surface area contributed by atoms with Crippen molar-refractivity contribution < 1.29 is 9.53 Å². The summed E-state index contributed by atoms with van der Waals surface area (Å²) in [6, 6.07) is 8.39. The highest BCUT2D eigenvalue weighted by molar-refractivity contribution is 7.15. The van der Waals surface area contributed by atoms with Crippen molar-refractivity contribution in [1.29, 1.82) is 0 Å². The van der Waals surface area contributed by atoms with Crippen molar-refractivity contribution in [2.24, 2.45) is 5.10 Å². The molecule has 34 heavy (non-hydrogen) atoms. The second kappa shape index (κ2) is 10.2. The van der Waals surface area contributed by atoms with Gasteiger partial charge in [0.1, 0.15) is 10.8 Å². The van der Waals surface area contributed by atoms with Crippen LogP contribution in [-0.4, -0.2) is 23.3 Å². The van der Waals surface area contributed by atoms with Crippen molar-refractivity contribution in [3.8, 4) is 10.8 Å². The third kappa shape index (κ3) is 4.69. The average molecular weight is 478 g/mol. The van der Waals surface area contributed by atoms with E-state index in [2.05, 4.69) is 67.1 Å². The summed E-state index contributed by atoms with van der Waals surface area (Å²) in [7, 11) is 0. The number of benzene rings is 1. The zero-order valence-corrected chi connectivity index (χ0v) is 21.9.